The van der Waals surface area contributed by atoms with Gasteiger partial charge in [0.05, 0.1) is 0 Å². The summed E-state index contributed by atoms with van der Waals surface area (Å²) in [6.45, 7) is 3.12. The number of hydrogen-bond donors (Lipinski definition) is 1. The van der Waals surface area contributed by atoms with Crippen molar-refractivity contribution >= 4 is 5.69 Å². The molecule has 0 spiro atoms. The molecule has 0 bridgehead atoms. The molecule has 3 nitrogen and oxygen atoms in total. The summed E-state index contributed by atoms with van der Waals surface area (Å²) in [6.07, 6.45) is 3.90. The Morgan fingerprint density at radius 3 is 2.35 bits per heavy atom. The SMILES string of the molecule is CC(c1ccc(N(C)C)cc1)N(C)C1CCCC1CN. The third kappa shape index (κ3) is 3.15. The van der Waals surface area contributed by atoms with Gasteiger partial charge in [0.2, 0.25) is 0 Å². The molecular weight excluding hydrogens is 246 g/mol. The van der Waals surface area contributed by atoms with Gasteiger partial charge in [-0.15, -0.1) is 0 Å². The zero-order chi connectivity index (χ0) is 14.7. The molecule has 2 rings (SSSR count). The smallest absolute Gasteiger partial charge is 0.0361 e. The molecule has 2 N–H and O–H groups in total. The second-order valence-electron chi connectivity index (χ2n) is 6.32. The highest BCUT2D eigenvalue weighted by Gasteiger charge is 2.31. The molecule has 0 aliphatic heterocycles. The van der Waals surface area contributed by atoms with Gasteiger partial charge in [-0.2, -0.15) is 0 Å². The summed E-state index contributed by atoms with van der Waals surface area (Å²) < 4.78 is 0. The van der Waals surface area contributed by atoms with Crippen molar-refractivity contribution in [2.75, 3.05) is 32.6 Å². The summed E-state index contributed by atoms with van der Waals surface area (Å²) in [7, 11) is 6.41. The van der Waals surface area contributed by atoms with E-state index in [9.17, 15) is 0 Å². The summed E-state index contributed by atoms with van der Waals surface area (Å²) in [5.74, 6) is 0.670. The molecule has 0 amide bonds. The summed E-state index contributed by atoms with van der Waals surface area (Å²) in [5.41, 5.74) is 8.57. The molecule has 0 radical (unpaired) electrons. The minimum absolute atomic E-state index is 0.448. The van der Waals surface area contributed by atoms with E-state index in [1.807, 2.05) is 0 Å². The fraction of sp³-hybridized carbons (Fsp3) is 0.647. The quantitative estimate of drug-likeness (QED) is 0.897. The van der Waals surface area contributed by atoms with Crippen LogP contribution in [0.2, 0.25) is 0 Å². The van der Waals surface area contributed by atoms with Crippen LogP contribution in [0.5, 0.6) is 0 Å². The summed E-state index contributed by atoms with van der Waals surface area (Å²) in [6, 6.07) is 10.0. The molecule has 1 aromatic carbocycles. The largest absolute Gasteiger partial charge is 0.378 e. The summed E-state index contributed by atoms with van der Waals surface area (Å²) >= 11 is 0. The Bertz CT molecular complexity index is 413. The minimum Gasteiger partial charge on any atom is -0.378 e. The molecule has 3 heteroatoms. The zero-order valence-electron chi connectivity index (χ0n) is 13.3. The lowest BCUT2D eigenvalue weighted by Gasteiger charge is -2.34. The average Bonchev–Trinajstić information content (AvgIpc) is 2.94. The van der Waals surface area contributed by atoms with E-state index in [0.29, 0.717) is 18.0 Å². The fourth-order valence-corrected chi connectivity index (χ4v) is 3.40. The Morgan fingerprint density at radius 1 is 1.15 bits per heavy atom. The van der Waals surface area contributed by atoms with Gasteiger partial charge < -0.3 is 10.6 Å². The maximum absolute atomic E-state index is 5.92. The highest BCUT2D eigenvalue weighted by atomic mass is 15.2. The Hall–Kier alpha value is -1.06. The topological polar surface area (TPSA) is 32.5 Å². The first kappa shape index (κ1) is 15.3. The van der Waals surface area contributed by atoms with Crippen LogP contribution in [-0.2, 0) is 0 Å². The van der Waals surface area contributed by atoms with Crippen molar-refractivity contribution in [1.29, 1.82) is 0 Å². The van der Waals surface area contributed by atoms with Crippen LogP contribution >= 0.6 is 0 Å². The lowest BCUT2D eigenvalue weighted by molar-refractivity contribution is 0.152. The molecule has 20 heavy (non-hydrogen) atoms. The molecule has 0 aromatic heterocycles. The van der Waals surface area contributed by atoms with Crippen LogP contribution in [0.4, 0.5) is 5.69 Å². The predicted octanol–water partition coefficient (Wildman–Crippen LogP) is 2.87. The highest BCUT2D eigenvalue weighted by molar-refractivity contribution is 5.46. The molecule has 3 atom stereocenters. The molecule has 0 saturated heterocycles. The van der Waals surface area contributed by atoms with Gasteiger partial charge in [-0.05, 0) is 57.0 Å². The van der Waals surface area contributed by atoms with Gasteiger partial charge in [-0.3, -0.25) is 4.90 Å². The van der Waals surface area contributed by atoms with Crippen molar-refractivity contribution in [1.82, 2.24) is 4.90 Å². The van der Waals surface area contributed by atoms with E-state index < -0.39 is 0 Å². The summed E-state index contributed by atoms with van der Waals surface area (Å²) in [4.78, 5) is 4.66. The Labute approximate surface area is 123 Å². The maximum atomic E-state index is 5.92. The van der Waals surface area contributed by atoms with Crippen molar-refractivity contribution in [2.45, 2.75) is 38.3 Å². The fourth-order valence-electron chi connectivity index (χ4n) is 3.40. The molecule has 112 valence electrons. The average molecular weight is 275 g/mol. The third-order valence-corrected chi connectivity index (χ3v) is 4.95. The van der Waals surface area contributed by atoms with Crippen LogP contribution in [0.25, 0.3) is 0 Å². The Kier molecular flexibility index (Phi) is 5.06. The van der Waals surface area contributed by atoms with E-state index in [-0.39, 0.29) is 0 Å². The van der Waals surface area contributed by atoms with Crippen molar-refractivity contribution in [3.63, 3.8) is 0 Å². The van der Waals surface area contributed by atoms with Gasteiger partial charge in [0.15, 0.2) is 0 Å². The van der Waals surface area contributed by atoms with Crippen LogP contribution in [0.1, 0.15) is 37.8 Å². The normalized spacial score (nSPS) is 24.1. The van der Waals surface area contributed by atoms with E-state index in [1.54, 1.807) is 0 Å². The molecular formula is C17H29N3. The number of nitrogens with two attached hydrogens (primary N) is 1. The maximum Gasteiger partial charge on any atom is 0.0361 e. The first-order valence-corrected chi connectivity index (χ1v) is 7.74. The zero-order valence-corrected chi connectivity index (χ0v) is 13.3. The number of benzene rings is 1. The number of rotatable bonds is 5. The van der Waals surface area contributed by atoms with Crippen LogP contribution in [0, 0.1) is 5.92 Å². The van der Waals surface area contributed by atoms with Gasteiger partial charge >= 0.3 is 0 Å². The van der Waals surface area contributed by atoms with Gasteiger partial charge in [-0.1, -0.05) is 18.6 Å². The first-order valence-electron chi connectivity index (χ1n) is 7.74. The lowest BCUT2D eigenvalue weighted by atomic mass is 9.99. The van der Waals surface area contributed by atoms with Crippen LogP contribution in [0.15, 0.2) is 24.3 Å². The minimum atomic E-state index is 0.448. The van der Waals surface area contributed by atoms with E-state index >= 15 is 0 Å². The summed E-state index contributed by atoms with van der Waals surface area (Å²) in [5, 5.41) is 0. The molecule has 1 aromatic rings. The Balaban J connectivity index is 2.07. The van der Waals surface area contributed by atoms with Crippen LogP contribution < -0.4 is 10.6 Å². The van der Waals surface area contributed by atoms with Crippen molar-refractivity contribution in [2.24, 2.45) is 11.7 Å². The third-order valence-electron chi connectivity index (χ3n) is 4.95. The number of anilines is 1. The molecule has 1 saturated carbocycles. The lowest BCUT2D eigenvalue weighted by Crippen LogP contribution is -2.39. The Morgan fingerprint density at radius 2 is 1.80 bits per heavy atom. The van der Waals surface area contributed by atoms with Crippen molar-refractivity contribution in [3.8, 4) is 0 Å². The second kappa shape index (κ2) is 6.59. The van der Waals surface area contributed by atoms with Crippen molar-refractivity contribution < 1.29 is 0 Å². The first-order chi connectivity index (χ1) is 9.54. The molecule has 3 unspecified atom stereocenters. The van der Waals surface area contributed by atoms with Gasteiger partial charge in [0.1, 0.15) is 0 Å². The van der Waals surface area contributed by atoms with E-state index in [0.717, 1.165) is 6.54 Å². The predicted molar refractivity (Wildman–Crippen MR) is 87.1 cm³/mol. The number of hydrogen-bond acceptors (Lipinski definition) is 3. The standard InChI is InChI=1S/C17H29N3/c1-13(14-8-10-16(11-9-14)19(2)3)20(4)17-7-5-6-15(17)12-18/h8-11,13,15,17H,5-7,12,18H2,1-4H3. The van der Waals surface area contributed by atoms with Crippen LogP contribution in [0.3, 0.4) is 0 Å². The van der Waals surface area contributed by atoms with E-state index in [4.69, 9.17) is 5.73 Å². The van der Waals surface area contributed by atoms with Gasteiger partial charge in [0, 0.05) is 31.9 Å². The highest BCUT2D eigenvalue weighted by Crippen LogP contribution is 2.33. The van der Waals surface area contributed by atoms with Crippen LogP contribution in [-0.4, -0.2) is 38.6 Å². The molecule has 1 aliphatic carbocycles. The second-order valence-corrected chi connectivity index (χ2v) is 6.32. The molecule has 1 aliphatic rings. The van der Waals surface area contributed by atoms with Gasteiger partial charge in [-0.25, -0.2) is 0 Å². The molecule has 1 fully saturated rings. The van der Waals surface area contributed by atoms with Crippen molar-refractivity contribution in [3.05, 3.63) is 29.8 Å². The monoisotopic (exact) mass is 275 g/mol. The number of nitrogens with zero attached hydrogens (tertiary/aromatic N) is 2. The van der Waals surface area contributed by atoms with E-state index in [2.05, 4.69) is 62.1 Å². The van der Waals surface area contributed by atoms with Gasteiger partial charge in [0.25, 0.3) is 0 Å². The molecule has 0 heterocycles. The van der Waals surface area contributed by atoms with E-state index in [1.165, 1.54) is 30.5 Å².